The summed E-state index contributed by atoms with van der Waals surface area (Å²) < 4.78 is 37.6. The Labute approximate surface area is 111 Å². The van der Waals surface area contributed by atoms with Gasteiger partial charge in [-0.15, -0.1) is 0 Å². The molecule has 1 aliphatic rings. The molecule has 1 aliphatic heterocycles. The van der Waals surface area contributed by atoms with Crippen LogP contribution in [0.3, 0.4) is 0 Å². The molecule has 7 heteroatoms. The third kappa shape index (κ3) is 2.04. The van der Waals surface area contributed by atoms with Crippen LogP contribution in [0.25, 0.3) is 0 Å². The van der Waals surface area contributed by atoms with Gasteiger partial charge in [0.2, 0.25) is 0 Å². The molecule has 2 rings (SSSR count). The normalized spacial score (nSPS) is 24.2. The highest BCUT2D eigenvalue weighted by Gasteiger charge is 2.52. The van der Waals surface area contributed by atoms with Gasteiger partial charge >= 0.3 is 7.12 Å². The number of hydrogen-bond acceptors (Lipinski definition) is 6. The van der Waals surface area contributed by atoms with Crippen molar-refractivity contribution in [2.45, 2.75) is 38.9 Å². The van der Waals surface area contributed by atoms with Gasteiger partial charge in [0, 0.05) is 6.20 Å². The predicted molar refractivity (Wildman–Crippen MR) is 68.7 cm³/mol. The topological polar surface area (TPSA) is 79.5 Å². The SMILES string of the molecule is [2H]C([2H])([2H])Oc1nc(B2OC(C)(C)C(C)(C)O2)cnc1N. The van der Waals surface area contributed by atoms with Crippen LogP contribution in [0.1, 0.15) is 31.8 Å². The number of aromatic nitrogens is 2. The lowest BCUT2D eigenvalue weighted by molar-refractivity contribution is 0.00578. The minimum atomic E-state index is -2.66. The molecule has 1 saturated heterocycles. The molecule has 0 amide bonds. The second kappa shape index (κ2) is 4.10. The number of methoxy groups -OCH3 is 1. The summed E-state index contributed by atoms with van der Waals surface area (Å²) in [6, 6.07) is 0. The molecule has 0 aliphatic carbocycles. The first-order valence-corrected chi connectivity index (χ1v) is 5.58. The predicted octanol–water partition coefficient (Wildman–Crippen LogP) is 0.367. The number of nitrogens with two attached hydrogens (primary N) is 1. The fourth-order valence-corrected chi connectivity index (χ4v) is 1.55. The zero-order chi connectivity index (χ0) is 16.1. The van der Waals surface area contributed by atoms with Crippen molar-refractivity contribution in [3.05, 3.63) is 6.20 Å². The van der Waals surface area contributed by atoms with Crippen LogP contribution in [0.4, 0.5) is 5.82 Å². The van der Waals surface area contributed by atoms with Crippen molar-refractivity contribution in [1.82, 2.24) is 9.97 Å². The van der Waals surface area contributed by atoms with Crippen molar-refractivity contribution in [2.24, 2.45) is 0 Å². The largest absolute Gasteiger partial charge is 0.516 e. The fourth-order valence-electron chi connectivity index (χ4n) is 1.55. The Kier molecular flexibility index (Phi) is 2.18. The van der Waals surface area contributed by atoms with E-state index in [0.717, 1.165) is 0 Å². The first-order chi connectivity index (χ1) is 9.41. The van der Waals surface area contributed by atoms with Gasteiger partial charge in [-0.2, -0.15) is 0 Å². The number of anilines is 1. The molecule has 0 unspecified atom stereocenters. The highest BCUT2D eigenvalue weighted by atomic mass is 16.7. The van der Waals surface area contributed by atoms with E-state index in [-0.39, 0.29) is 11.7 Å². The molecule has 0 atom stereocenters. The average Bonchev–Trinajstić information content (AvgIpc) is 2.49. The van der Waals surface area contributed by atoms with Crippen molar-refractivity contribution in [2.75, 3.05) is 12.8 Å². The van der Waals surface area contributed by atoms with E-state index in [2.05, 4.69) is 9.97 Å². The lowest BCUT2D eigenvalue weighted by Crippen LogP contribution is -2.41. The van der Waals surface area contributed by atoms with Crippen LogP contribution in [0, 0.1) is 0 Å². The molecule has 0 saturated carbocycles. The maximum atomic E-state index is 7.10. The number of nitrogens with zero attached hydrogens (tertiary/aromatic N) is 2. The summed E-state index contributed by atoms with van der Waals surface area (Å²) in [5, 5.41) is 0. The second-order valence-corrected chi connectivity index (χ2v) is 5.18. The van der Waals surface area contributed by atoms with Crippen LogP contribution >= 0.6 is 0 Å². The molecule has 2 N–H and O–H groups in total. The zero-order valence-corrected chi connectivity index (χ0v) is 10.9. The molecule has 98 valence electrons. The molecule has 0 radical (unpaired) electrons. The van der Waals surface area contributed by atoms with Crippen LogP contribution in [0.5, 0.6) is 5.88 Å². The Morgan fingerprint density at radius 2 is 1.94 bits per heavy atom. The summed E-state index contributed by atoms with van der Waals surface area (Å²) in [6.07, 6.45) is 1.38. The van der Waals surface area contributed by atoms with E-state index in [9.17, 15) is 0 Å². The monoisotopic (exact) mass is 254 g/mol. The van der Waals surface area contributed by atoms with Gasteiger partial charge in [-0.3, -0.25) is 0 Å². The summed E-state index contributed by atoms with van der Waals surface area (Å²) in [4.78, 5) is 7.93. The smallest absolute Gasteiger partial charge is 0.478 e. The van der Waals surface area contributed by atoms with E-state index >= 15 is 0 Å². The van der Waals surface area contributed by atoms with Gasteiger partial charge in [0.15, 0.2) is 5.82 Å². The van der Waals surface area contributed by atoms with Gasteiger partial charge in [-0.05, 0) is 27.7 Å². The molecule has 6 nitrogen and oxygen atoms in total. The Morgan fingerprint density at radius 1 is 1.33 bits per heavy atom. The van der Waals surface area contributed by atoms with E-state index in [4.69, 9.17) is 23.9 Å². The second-order valence-electron chi connectivity index (χ2n) is 5.18. The minimum absolute atomic E-state index is 0.105. The summed E-state index contributed by atoms with van der Waals surface area (Å²) >= 11 is 0. The fraction of sp³-hybridized carbons (Fsp3) is 0.636. The molecule has 2 heterocycles. The van der Waals surface area contributed by atoms with Crippen molar-refractivity contribution in [3.63, 3.8) is 0 Å². The van der Waals surface area contributed by atoms with Gasteiger partial charge in [-0.25, -0.2) is 9.97 Å². The number of hydrogen-bond donors (Lipinski definition) is 1. The third-order valence-corrected chi connectivity index (χ3v) is 3.38. The van der Waals surface area contributed by atoms with E-state index in [1.54, 1.807) is 0 Å². The van der Waals surface area contributed by atoms with Crippen LogP contribution in [-0.4, -0.2) is 35.3 Å². The zero-order valence-electron chi connectivity index (χ0n) is 13.9. The van der Waals surface area contributed by atoms with Crippen molar-refractivity contribution >= 4 is 18.5 Å². The Hall–Kier alpha value is -1.34. The molecular weight excluding hydrogens is 233 g/mol. The van der Waals surface area contributed by atoms with Crippen LogP contribution in [0.15, 0.2) is 6.20 Å². The van der Waals surface area contributed by atoms with Gasteiger partial charge in [0.1, 0.15) is 0 Å². The number of nitrogen functional groups attached to an aromatic ring is 1. The van der Waals surface area contributed by atoms with E-state index < -0.39 is 25.4 Å². The summed E-state index contributed by atoms with van der Waals surface area (Å²) in [5.41, 5.74) is 4.81. The van der Waals surface area contributed by atoms with Crippen LogP contribution < -0.4 is 16.1 Å². The molecule has 1 aromatic heterocycles. The maximum absolute atomic E-state index is 7.10. The molecule has 1 fully saturated rings. The van der Waals surface area contributed by atoms with Gasteiger partial charge < -0.3 is 19.8 Å². The average molecular weight is 254 g/mol. The molecule has 0 spiro atoms. The molecular formula is C11H18BN3O3. The van der Waals surface area contributed by atoms with Crippen LogP contribution in [-0.2, 0) is 9.31 Å². The quantitative estimate of drug-likeness (QED) is 0.768. The lowest BCUT2D eigenvalue weighted by atomic mass is 9.85. The molecule has 0 bridgehead atoms. The Morgan fingerprint density at radius 3 is 2.50 bits per heavy atom. The first-order valence-electron chi connectivity index (χ1n) is 7.08. The van der Waals surface area contributed by atoms with Gasteiger partial charge in [-0.1, -0.05) is 0 Å². The number of rotatable bonds is 2. The van der Waals surface area contributed by atoms with E-state index in [0.29, 0.717) is 5.59 Å². The summed E-state index contributed by atoms with van der Waals surface area (Å²) in [5.74, 6) is -0.367. The standard InChI is InChI=1S/C11H18BN3O3/c1-10(2)11(3,4)18-12(17-10)7-6-14-8(13)9(15-7)16-5/h6H,1-5H3,(H2,13,14)/i5D3. The van der Waals surface area contributed by atoms with Crippen molar-refractivity contribution in [3.8, 4) is 5.88 Å². The minimum Gasteiger partial charge on any atom is -0.478 e. The summed E-state index contributed by atoms with van der Waals surface area (Å²) in [6.45, 7) is 7.60. The highest BCUT2D eigenvalue weighted by molar-refractivity contribution is 6.61. The van der Waals surface area contributed by atoms with Gasteiger partial charge in [0.25, 0.3) is 5.88 Å². The van der Waals surface area contributed by atoms with E-state index in [1.807, 2.05) is 27.7 Å². The van der Waals surface area contributed by atoms with Crippen molar-refractivity contribution < 1.29 is 18.2 Å². The van der Waals surface area contributed by atoms with E-state index in [1.165, 1.54) is 6.20 Å². The van der Waals surface area contributed by atoms with Gasteiger partial charge in [0.05, 0.1) is 27.9 Å². The summed E-state index contributed by atoms with van der Waals surface area (Å²) in [7, 11) is -3.42. The number of ether oxygens (including phenoxy) is 1. The first kappa shape index (κ1) is 9.58. The Bertz CT molecular complexity index is 535. The molecule has 18 heavy (non-hydrogen) atoms. The molecule has 1 aromatic rings. The highest BCUT2D eigenvalue weighted by Crippen LogP contribution is 2.36. The van der Waals surface area contributed by atoms with Crippen LogP contribution in [0.2, 0.25) is 0 Å². The third-order valence-electron chi connectivity index (χ3n) is 3.38. The maximum Gasteiger partial charge on any atom is 0.516 e. The Balaban J connectivity index is 2.29. The lowest BCUT2D eigenvalue weighted by Gasteiger charge is -2.32. The molecule has 0 aromatic carbocycles. The van der Waals surface area contributed by atoms with Crippen molar-refractivity contribution in [1.29, 1.82) is 0 Å².